The lowest BCUT2D eigenvalue weighted by molar-refractivity contribution is 0.101. The molecule has 0 fully saturated rings. The lowest BCUT2D eigenvalue weighted by Crippen LogP contribution is -2.12. The number of aliphatic imine (C=N–C) groups is 1. The van der Waals surface area contributed by atoms with Gasteiger partial charge in [0.05, 0.1) is 5.69 Å². The number of carbonyl (C=O) groups is 1. The number of carbonyl (C=O) groups excluding carboxylic acids is 1. The number of Topliss-reactive ketones (excluding diaryl/α,β-unsaturated/α-hetero) is 1. The topological polar surface area (TPSA) is 65.2 Å². The molecule has 0 aliphatic rings. The number of nitriles is 1. The summed E-state index contributed by atoms with van der Waals surface area (Å²) in [5.74, 6) is -0.0406. The van der Waals surface area contributed by atoms with E-state index in [0.29, 0.717) is 16.4 Å². The van der Waals surface area contributed by atoms with Gasteiger partial charge in [0.15, 0.2) is 17.1 Å². The Kier molecular flexibility index (Phi) is 4.73. The lowest BCUT2D eigenvalue weighted by atomic mass is 10.1. The monoisotopic (exact) mass is 247 g/mol. The number of rotatable bonds is 2. The molecule has 0 atom stereocenters. The summed E-state index contributed by atoms with van der Waals surface area (Å²) >= 11 is 1.32. The van der Waals surface area contributed by atoms with E-state index in [1.54, 1.807) is 6.07 Å². The van der Waals surface area contributed by atoms with Crippen LogP contribution in [0.25, 0.3) is 0 Å². The molecule has 0 aliphatic carbocycles. The zero-order chi connectivity index (χ0) is 12.8. The van der Waals surface area contributed by atoms with Crippen LogP contribution >= 0.6 is 11.8 Å². The molecular formula is C12H13N3OS. The molecular weight excluding hydrogens is 234 g/mol. The van der Waals surface area contributed by atoms with E-state index in [4.69, 9.17) is 5.26 Å². The molecule has 0 heterocycles. The summed E-state index contributed by atoms with van der Waals surface area (Å²) in [6.45, 7) is 3.43. The van der Waals surface area contributed by atoms with Crippen molar-refractivity contribution in [2.45, 2.75) is 13.8 Å². The highest BCUT2D eigenvalue weighted by Gasteiger charge is 2.07. The van der Waals surface area contributed by atoms with Crippen molar-refractivity contribution in [1.29, 1.82) is 5.26 Å². The van der Waals surface area contributed by atoms with Crippen LogP contribution in [-0.2, 0) is 0 Å². The number of aryl methyl sites for hydroxylation is 1. The summed E-state index contributed by atoms with van der Waals surface area (Å²) in [5, 5.41) is 11.5. The number of nitrogens with one attached hydrogen (secondary N) is 1. The molecule has 0 bridgehead atoms. The van der Waals surface area contributed by atoms with Gasteiger partial charge in [-0.3, -0.25) is 10.1 Å². The second-order valence-corrected chi connectivity index (χ2v) is 4.23. The number of hydrogen-bond acceptors (Lipinski definition) is 4. The van der Waals surface area contributed by atoms with Crippen molar-refractivity contribution >= 4 is 28.4 Å². The molecule has 0 spiro atoms. The summed E-state index contributed by atoms with van der Waals surface area (Å²) in [4.78, 5) is 15.7. The first-order valence-electron chi connectivity index (χ1n) is 4.98. The highest BCUT2D eigenvalue weighted by atomic mass is 32.2. The first kappa shape index (κ1) is 13.3. The SMILES string of the molecule is CSC(=Nc1cc(C)ccc1C(C)=O)NC#N. The predicted molar refractivity (Wildman–Crippen MR) is 70.5 cm³/mol. The molecule has 0 saturated heterocycles. The molecule has 0 amide bonds. The Morgan fingerprint density at radius 3 is 2.76 bits per heavy atom. The molecule has 4 nitrogen and oxygen atoms in total. The smallest absolute Gasteiger partial charge is 0.183 e. The number of ketones is 1. The summed E-state index contributed by atoms with van der Waals surface area (Å²) < 4.78 is 0. The highest BCUT2D eigenvalue weighted by molar-refractivity contribution is 8.13. The highest BCUT2D eigenvalue weighted by Crippen LogP contribution is 2.22. The summed E-state index contributed by atoms with van der Waals surface area (Å²) in [5.41, 5.74) is 2.16. The zero-order valence-electron chi connectivity index (χ0n) is 9.94. The fourth-order valence-electron chi connectivity index (χ4n) is 1.31. The van der Waals surface area contributed by atoms with Gasteiger partial charge in [-0.1, -0.05) is 17.8 Å². The number of nitrogens with zero attached hydrogens (tertiary/aromatic N) is 2. The predicted octanol–water partition coefficient (Wildman–Crippen LogP) is 2.62. The van der Waals surface area contributed by atoms with E-state index in [9.17, 15) is 4.79 Å². The van der Waals surface area contributed by atoms with Crippen LogP contribution < -0.4 is 5.32 Å². The normalized spacial score (nSPS) is 10.8. The third-order valence-corrected chi connectivity index (χ3v) is 2.69. The van der Waals surface area contributed by atoms with E-state index in [1.807, 2.05) is 31.5 Å². The van der Waals surface area contributed by atoms with Crippen molar-refractivity contribution in [2.24, 2.45) is 4.99 Å². The molecule has 88 valence electrons. The van der Waals surface area contributed by atoms with Gasteiger partial charge < -0.3 is 0 Å². The van der Waals surface area contributed by atoms with Crippen molar-refractivity contribution in [3.05, 3.63) is 29.3 Å². The number of benzene rings is 1. The quantitative estimate of drug-likeness (QED) is 0.287. The molecule has 0 saturated carbocycles. The van der Waals surface area contributed by atoms with Gasteiger partial charge in [-0.25, -0.2) is 4.99 Å². The second kappa shape index (κ2) is 6.06. The molecule has 0 radical (unpaired) electrons. The Labute approximate surface area is 105 Å². The van der Waals surface area contributed by atoms with Gasteiger partial charge in [0.25, 0.3) is 0 Å². The third-order valence-electron chi connectivity index (χ3n) is 2.11. The lowest BCUT2D eigenvalue weighted by Gasteiger charge is -2.05. The van der Waals surface area contributed by atoms with E-state index in [0.717, 1.165) is 5.56 Å². The van der Waals surface area contributed by atoms with Crippen LogP contribution in [0.4, 0.5) is 5.69 Å². The minimum atomic E-state index is -0.0406. The summed E-state index contributed by atoms with van der Waals surface area (Å²) in [6.07, 6.45) is 3.63. The number of hydrogen-bond donors (Lipinski definition) is 1. The molecule has 1 aromatic carbocycles. The Morgan fingerprint density at radius 2 is 2.24 bits per heavy atom. The van der Waals surface area contributed by atoms with E-state index in [-0.39, 0.29) is 5.78 Å². The standard InChI is InChI=1S/C12H13N3OS/c1-8-4-5-10(9(2)16)11(6-8)15-12(17-3)14-7-13/h4-6H,1-3H3,(H,14,15). The van der Waals surface area contributed by atoms with Gasteiger partial charge in [0, 0.05) is 5.56 Å². The van der Waals surface area contributed by atoms with Crippen molar-refractivity contribution in [3.8, 4) is 6.19 Å². The molecule has 1 rings (SSSR count). The Balaban J connectivity index is 3.24. The van der Waals surface area contributed by atoms with Gasteiger partial charge in [0.2, 0.25) is 0 Å². The van der Waals surface area contributed by atoms with Crippen LogP contribution in [0.1, 0.15) is 22.8 Å². The Hall–Kier alpha value is -1.80. The molecule has 17 heavy (non-hydrogen) atoms. The van der Waals surface area contributed by atoms with Crippen LogP contribution in [0.15, 0.2) is 23.2 Å². The average molecular weight is 247 g/mol. The first-order valence-corrected chi connectivity index (χ1v) is 6.20. The fourth-order valence-corrected chi connectivity index (χ4v) is 1.65. The molecule has 0 unspecified atom stereocenters. The third kappa shape index (κ3) is 3.61. The molecule has 1 aromatic rings. The Morgan fingerprint density at radius 1 is 1.53 bits per heavy atom. The molecule has 0 aromatic heterocycles. The number of amidine groups is 1. The van der Waals surface area contributed by atoms with Crippen LogP contribution in [0.3, 0.4) is 0 Å². The van der Waals surface area contributed by atoms with Gasteiger partial charge in [-0.2, -0.15) is 5.26 Å². The van der Waals surface area contributed by atoms with E-state index in [2.05, 4.69) is 10.3 Å². The van der Waals surface area contributed by atoms with E-state index >= 15 is 0 Å². The van der Waals surface area contributed by atoms with Gasteiger partial charge >= 0.3 is 0 Å². The van der Waals surface area contributed by atoms with E-state index in [1.165, 1.54) is 18.7 Å². The van der Waals surface area contributed by atoms with E-state index < -0.39 is 0 Å². The average Bonchev–Trinajstić information content (AvgIpc) is 2.28. The maximum absolute atomic E-state index is 11.4. The first-order chi connectivity index (χ1) is 8.08. The minimum Gasteiger partial charge on any atom is -0.294 e. The summed E-state index contributed by atoms with van der Waals surface area (Å²) in [6, 6.07) is 5.44. The number of thioether (sulfide) groups is 1. The zero-order valence-corrected chi connectivity index (χ0v) is 10.8. The van der Waals surface area contributed by atoms with Crippen molar-refractivity contribution in [3.63, 3.8) is 0 Å². The largest absolute Gasteiger partial charge is 0.294 e. The van der Waals surface area contributed by atoms with Crippen LogP contribution in [0.2, 0.25) is 0 Å². The molecule has 5 heteroatoms. The van der Waals surface area contributed by atoms with Crippen LogP contribution in [0.5, 0.6) is 0 Å². The van der Waals surface area contributed by atoms with Crippen LogP contribution in [-0.4, -0.2) is 17.2 Å². The minimum absolute atomic E-state index is 0.0406. The maximum atomic E-state index is 11.4. The van der Waals surface area contributed by atoms with Gasteiger partial charge in [0.1, 0.15) is 0 Å². The summed E-state index contributed by atoms with van der Waals surface area (Å²) in [7, 11) is 0. The molecule has 1 N–H and O–H groups in total. The maximum Gasteiger partial charge on any atom is 0.183 e. The Bertz CT molecular complexity index is 503. The van der Waals surface area contributed by atoms with Crippen molar-refractivity contribution in [1.82, 2.24) is 5.32 Å². The van der Waals surface area contributed by atoms with Crippen molar-refractivity contribution in [2.75, 3.05) is 6.26 Å². The fraction of sp³-hybridized carbons (Fsp3) is 0.250. The molecule has 0 aliphatic heterocycles. The van der Waals surface area contributed by atoms with Crippen LogP contribution in [0, 0.1) is 18.4 Å². The van der Waals surface area contributed by atoms with Gasteiger partial charge in [-0.05, 0) is 37.8 Å². The van der Waals surface area contributed by atoms with Crippen molar-refractivity contribution < 1.29 is 4.79 Å². The van der Waals surface area contributed by atoms with Gasteiger partial charge in [-0.15, -0.1) is 0 Å². The second-order valence-electron chi connectivity index (χ2n) is 3.43.